The summed E-state index contributed by atoms with van der Waals surface area (Å²) in [5, 5.41) is 0.605. The second-order valence-electron chi connectivity index (χ2n) is 15.4. The quantitative estimate of drug-likeness (QED) is 0.224. The lowest BCUT2D eigenvalue weighted by atomic mass is 9.77. The van der Waals surface area contributed by atoms with E-state index in [9.17, 15) is 71.9 Å². The number of ether oxygens (including phenoxy) is 2. The van der Waals surface area contributed by atoms with Gasteiger partial charge in [0.1, 0.15) is 0 Å². The van der Waals surface area contributed by atoms with Crippen molar-refractivity contribution in [2.45, 2.75) is 107 Å². The van der Waals surface area contributed by atoms with Gasteiger partial charge in [-0.05, 0) is 117 Å². The van der Waals surface area contributed by atoms with Crippen LogP contribution >= 0.6 is 34.8 Å². The standard InChI is InChI=1S/C19H19ClF6N2O3.C13H17F6NO2.C7H4Cl2O/c20-13-4-2-12(3-5-13)14(29)28-9-1-6-17(28)7-10-27(11-8-17)16(30)31-15(18(21,22)23)19(24,25)26;14-12(15,16)9(13(17,18)19)22-10(21)20-7-5-11(6-8-20)3-1-2-4-11;8-6-3-1-5(2-4-6)7(9)10/h2-5,15H,1,6-11H2;9H,1-8H2;1-4H. The Morgan fingerprint density at radius 2 is 0.873 bits per heavy atom. The van der Waals surface area contributed by atoms with Crippen LogP contribution < -0.4 is 0 Å². The normalized spacial score (nSPS) is 18.8. The number of amides is 3. The maximum atomic E-state index is 12.9. The number of hydrogen-bond donors (Lipinski definition) is 0. The number of nitrogens with zero attached hydrogens (tertiary/aromatic N) is 3. The topological polar surface area (TPSA) is 96.5 Å². The van der Waals surface area contributed by atoms with Crippen LogP contribution in [-0.2, 0) is 9.47 Å². The van der Waals surface area contributed by atoms with E-state index in [4.69, 9.17) is 34.8 Å². The van der Waals surface area contributed by atoms with E-state index < -0.39 is 59.9 Å². The van der Waals surface area contributed by atoms with Crippen molar-refractivity contribution >= 4 is 58.1 Å². The van der Waals surface area contributed by atoms with Crippen molar-refractivity contribution in [3.8, 4) is 0 Å². The van der Waals surface area contributed by atoms with Crippen LogP contribution in [0.3, 0.4) is 0 Å². The lowest BCUT2D eigenvalue weighted by Gasteiger charge is -2.44. The number of benzene rings is 2. The highest BCUT2D eigenvalue weighted by atomic mass is 35.5. The first kappa shape index (κ1) is 51.8. The Hall–Kier alpha value is -3.85. The molecule has 3 aliphatic heterocycles. The molecule has 6 rings (SSSR count). The number of piperidine rings is 2. The zero-order valence-electron chi connectivity index (χ0n) is 32.8. The number of halogens is 15. The Bertz CT molecular complexity index is 1840. The smallest absolute Gasteiger partial charge is 0.426 e. The van der Waals surface area contributed by atoms with E-state index in [1.165, 1.54) is 0 Å². The molecule has 0 atom stereocenters. The van der Waals surface area contributed by atoms with E-state index in [0.29, 0.717) is 53.4 Å². The third-order valence-corrected chi connectivity index (χ3v) is 12.1. The third-order valence-electron chi connectivity index (χ3n) is 11.3. The highest BCUT2D eigenvalue weighted by Crippen LogP contribution is 2.47. The van der Waals surface area contributed by atoms with Crippen molar-refractivity contribution in [2.75, 3.05) is 32.7 Å². The van der Waals surface area contributed by atoms with Gasteiger partial charge in [0.05, 0.1) is 0 Å². The number of hydrogen-bond acceptors (Lipinski definition) is 6. The summed E-state index contributed by atoms with van der Waals surface area (Å²) in [7, 11) is 0. The molecule has 3 saturated heterocycles. The van der Waals surface area contributed by atoms with Gasteiger partial charge >= 0.3 is 36.9 Å². The summed E-state index contributed by atoms with van der Waals surface area (Å²) in [4.78, 5) is 50.4. The highest BCUT2D eigenvalue weighted by Gasteiger charge is 2.61. The first-order valence-corrected chi connectivity index (χ1v) is 20.4. The summed E-state index contributed by atoms with van der Waals surface area (Å²) < 4.78 is 158. The van der Waals surface area contributed by atoms with Gasteiger partial charge in [-0.2, -0.15) is 52.7 Å². The fourth-order valence-electron chi connectivity index (χ4n) is 7.99. The largest absolute Gasteiger partial charge is 0.434 e. The Morgan fingerprint density at radius 1 is 0.508 bits per heavy atom. The SMILES string of the molecule is O=C(Cl)c1ccc(Cl)cc1.O=C(OC(C(F)(F)F)C(F)(F)F)N1CCC2(CCCC2)CC1.O=C(OC(C(F)(F)F)C(F)(F)F)N1CCC2(CCCN2C(=O)c2ccc(Cl)cc2)CC1. The van der Waals surface area contributed by atoms with Gasteiger partial charge in [0.25, 0.3) is 23.4 Å². The van der Waals surface area contributed by atoms with Crippen LogP contribution in [0, 0.1) is 5.41 Å². The molecule has 1 saturated carbocycles. The Labute approximate surface area is 367 Å². The molecule has 1 aliphatic carbocycles. The van der Waals surface area contributed by atoms with Gasteiger partial charge in [0.15, 0.2) is 0 Å². The van der Waals surface area contributed by atoms with Crippen molar-refractivity contribution in [3.05, 3.63) is 69.7 Å². The monoisotopic (exact) mass is 979 g/mol. The maximum absolute atomic E-state index is 12.9. The molecule has 352 valence electrons. The number of alkyl halides is 12. The molecule has 0 bridgehead atoms. The number of likely N-dealkylation sites (tertiary alicyclic amines) is 3. The minimum absolute atomic E-state index is 0.101. The molecule has 4 fully saturated rings. The molecule has 9 nitrogen and oxygen atoms in total. The number of rotatable bonds is 4. The average Bonchev–Trinajstić information content (AvgIpc) is 3.82. The first-order chi connectivity index (χ1) is 29.1. The molecule has 0 N–H and O–H groups in total. The minimum Gasteiger partial charge on any atom is -0.426 e. The number of carbonyl (C=O) groups excluding carboxylic acids is 4. The molecule has 0 radical (unpaired) electrons. The van der Waals surface area contributed by atoms with Crippen molar-refractivity contribution in [1.82, 2.24) is 14.7 Å². The molecular weight excluding hydrogens is 941 g/mol. The van der Waals surface area contributed by atoms with E-state index >= 15 is 0 Å². The molecule has 24 heteroatoms. The average molecular weight is 981 g/mol. The van der Waals surface area contributed by atoms with Crippen LogP contribution in [0.5, 0.6) is 0 Å². The zero-order valence-corrected chi connectivity index (χ0v) is 35.1. The molecule has 2 aromatic carbocycles. The molecule has 3 amide bonds. The molecule has 0 aromatic heterocycles. The molecule has 3 heterocycles. The first-order valence-electron chi connectivity index (χ1n) is 19.3. The minimum atomic E-state index is -5.77. The Kier molecular flexibility index (Phi) is 16.9. The Morgan fingerprint density at radius 3 is 1.24 bits per heavy atom. The summed E-state index contributed by atoms with van der Waals surface area (Å²) in [6.07, 6.45) is -27.2. The van der Waals surface area contributed by atoms with Crippen LogP contribution in [0.1, 0.15) is 84.9 Å². The van der Waals surface area contributed by atoms with Crippen LogP contribution in [0.25, 0.3) is 0 Å². The van der Waals surface area contributed by atoms with Crippen molar-refractivity contribution in [2.24, 2.45) is 5.41 Å². The molecule has 0 unspecified atom stereocenters. The van der Waals surface area contributed by atoms with E-state index in [2.05, 4.69) is 9.47 Å². The highest BCUT2D eigenvalue weighted by molar-refractivity contribution is 6.67. The second kappa shape index (κ2) is 20.5. The Balaban J connectivity index is 0.000000235. The fraction of sp³-hybridized carbons (Fsp3) is 0.590. The second-order valence-corrected chi connectivity index (χ2v) is 16.7. The van der Waals surface area contributed by atoms with Crippen LogP contribution in [-0.4, -0.2) is 113 Å². The number of carbonyl (C=O) groups is 4. The summed E-state index contributed by atoms with van der Waals surface area (Å²) in [5.74, 6) is -0.237. The van der Waals surface area contributed by atoms with E-state index in [0.717, 1.165) is 35.5 Å². The molecule has 2 aromatic rings. The fourth-order valence-corrected chi connectivity index (χ4v) is 8.37. The van der Waals surface area contributed by atoms with Crippen LogP contribution in [0.15, 0.2) is 48.5 Å². The van der Waals surface area contributed by atoms with E-state index in [1.807, 2.05) is 0 Å². The summed E-state index contributed by atoms with van der Waals surface area (Å²) in [6.45, 7) is 0.510. The van der Waals surface area contributed by atoms with Gasteiger partial charge in [-0.25, -0.2) is 9.59 Å². The van der Waals surface area contributed by atoms with Gasteiger partial charge in [-0.15, -0.1) is 0 Å². The summed E-state index contributed by atoms with van der Waals surface area (Å²) in [5.41, 5.74) is 0.377. The van der Waals surface area contributed by atoms with Crippen molar-refractivity contribution < 1.29 is 81.3 Å². The van der Waals surface area contributed by atoms with Crippen molar-refractivity contribution in [3.63, 3.8) is 0 Å². The molecule has 63 heavy (non-hydrogen) atoms. The van der Waals surface area contributed by atoms with Gasteiger partial charge in [0.2, 0.25) is 0 Å². The lowest BCUT2D eigenvalue weighted by molar-refractivity contribution is -0.309. The molecular formula is C39H40Cl3F12N3O6. The van der Waals surface area contributed by atoms with Gasteiger partial charge < -0.3 is 24.2 Å². The predicted molar refractivity (Wildman–Crippen MR) is 203 cm³/mol. The predicted octanol–water partition coefficient (Wildman–Crippen LogP) is 12.0. The summed E-state index contributed by atoms with van der Waals surface area (Å²) in [6, 6.07) is 12.7. The van der Waals surface area contributed by atoms with E-state index in [-0.39, 0.29) is 50.3 Å². The molecule has 4 aliphatic rings. The molecule has 2 spiro atoms. The van der Waals surface area contributed by atoms with Crippen LogP contribution in [0.4, 0.5) is 62.3 Å². The van der Waals surface area contributed by atoms with E-state index in [1.54, 1.807) is 53.4 Å². The van der Waals surface area contributed by atoms with Gasteiger partial charge in [-0.3, -0.25) is 9.59 Å². The zero-order chi connectivity index (χ0) is 47.2. The van der Waals surface area contributed by atoms with Crippen molar-refractivity contribution in [1.29, 1.82) is 0 Å². The van der Waals surface area contributed by atoms with Crippen LogP contribution in [0.2, 0.25) is 10.0 Å². The van der Waals surface area contributed by atoms with Gasteiger partial charge in [0, 0.05) is 59.4 Å². The summed E-state index contributed by atoms with van der Waals surface area (Å²) >= 11 is 16.6. The maximum Gasteiger partial charge on any atom is 0.434 e. The van der Waals surface area contributed by atoms with Gasteiger partial charge in [-0.1, -0.05) is 36.0 Å². The third kappa shape index (κ3) is 14.1. The lowest BCUT2D eigenvalue weighted by Crippen LogP contribution is -2.56.